The smallest absolute Gasteiger partial charge is 0.306 e. The SMILES string of the molecule is CCC/C=C\C/C=C\CCCCCCCC(=O)OCC(COC(=O)CCCCCCCCCCC/C=C\C/C=C\CCCCCCC)OC(=O)CCCCCCCCCCC/C=C\CCCCCCCCCC. The summed E-state index contributed by atoms with van der Waals surface area (Å²) in [5, 5.41) is 0. The van der Waals surface area contributed by atoms with Crippen molar-refractivity contribution in [3.05, 3.63) is 60.8 Å². The van der Waals surface area contributed by atoms with Crippen molar-refractivity contribution in [3.63, 3.8) is 0 Å². The van der Waals surface area contributed by atoms with Gasteiger partial charge in [-0.25, -0.2) is 0 Å². The molecule has 0 aromatic rings. The van der Waals surface area contributed by atoms with Crippen molar-refractivity contribution in [1.29, 1.82) is 0 Å². The molecule has 0 spiro atoms. The molecule has 73 heavy (non-hydrogen) atoms. The highest BCUT2D eigenvalue weighted by molar-refractivity contribution is 5.71. The summed E-state index contributed by atoms with van der Waals surface area (Å²) >= 11 is 0. The van der Waals surface area contributed by atoms with Crippen LogP contribution in [-0.2, 0) is 28.6 Å². The minimum Gasteiger partial charge on any atom is -0.462 e. The van der Waals surface area contributed by atoms with E-state index in [2.05, 4.69) is 81.5 Å². The number of carbonyl (C=O) groups excluding carboxylic acids is 3. The van der Waals surface area contributed by atoms with Crippen molar-refractivity contribution in [2.24, 2.45) is 0 Å². The molecule has 0 amide bonds. The van der Waals surface area contributed by atoms with Gasteiger partial charge in [0.05, 0.1) is 0 Å². The van der Waals surface area contributed by atoms with E-state index in [1.165, 1.54) is 199 Å². The van der Waals surface area contributed by atoms with Gasteiger partial charge in [0.2, 0.25) is 0 Å². The molecule has 0 bridgehead atoms. The van der Waals surface area contributed by atoms with Crippen molar-refractivity contribution in [2.75, 3.05) is 13.2 Å². The fourth-order valence-corrected chi connectivity index (χ4v) is 9.15. The molecule has 0 aliphatic carbocycles. The van der Waals surface area contributed by atoms with Crippen LogP contribution in [0, 0.1) is 0 Å². The third-order valence-corrected chi connectivity index (χ3v) is 13.9. The first-order valence-corrected chi connectivity index (χ1v) is 31.8. The van der Waals surface area contributed by atoms with Gasteiger partial charge in [-0.1, -0.05) is 268 Å². The summed E-state index contributed by atoms with van der Waals surface area (Å²) in [4.78, 5) is 38.3. The Labute approximate surface area is 453 Å². The van der Waals surface area contributed by atoms with E-state index in [4.69, 9.17) is 14.2 Å². The average molecular weight is 1020 g/mol. The van der Waals surface area contributed by atoms with Crippen molar-refractivity contribution >= 4 is 17.9 Å². The van der Waals surface area contributed by atoms with Gasteiger partial charge in [0.25, 0.3) is 0 Å². The normalized spacial score (nSPS) is 12.4. The van der Waals surface area contributed by atoms with E-state index in [1.54, 1.807) is 0 Å². The minimum atomic E-state index is -0.783. The summed E-state index contributed by atoms with van der Waals surface area (Å²) in [6, 6.07) is 0. The number of esters is 3. The van der Waals surface area contributed by atoms with E-state index in [9.17, 15) is 14.4 Å². The van der Waals surface area contributed by atoms with E-state index in [1.807, 2.05) is 0 Å². The number of hydrogen-bond acceptors (Lipinski definition) is 6. The second-order valence-electron chi connectivity index (χ2n) is 21.3. The highest BCUT2D eigenvalue weighted by Crippen LogP contribution is 2.16. The summed E-state index contributed by atoms with van der Waals surface area (Å²) < 4.78 is 16.9. The molecule has 0 aromatic carbocycles. The monoisotopic (exact) mass is 1020 g/mol. The molecule has 424 valence electrons. The number of rotatable bonds is 58. The number of ether oxygens (including phenoxy) is 3. The summed E-state index contributed by atoms with van der Waals surface area (Å²) in [6.07, 6.45) is 77.9. The van der Waals surface area contributed by atoms with E-state index in [0.29, 0.717) is 19.3 Å². The van der Waals surface area contributed by atoms with Crippen LogP contribution in [0.15, 0.2) is 60.8 Å². The molecular formula is C67H120O6. The van der Waals surface area contributed by atoms with Crippen LogP contribution in [0.2, 0.25) is 0 Å². The van der Waals surface area contributed by atoms with E-state index in [-0.39, 0.29) is 31.1 Å². The maximum absolute atomic E-state index is 12.9. The largest absolute Gasteiger partial charge is 0.462 e. The Morgan fingerprint density at radius 2 is 0.521 bits per heavy atom. The molecule has 1 unspecified atom stereocenters. The zero-order valence-electron chi connectivity index (χ0n) is 48.7. The van der Waals surface area contributed by atoms with Crippen molar-refractivity contribution in [1.82, 2.24) is 0 Å². The number of carbonyl (C=O) groups is 3. The molecule has 0 aliphatic rings. The Kier molecular flexibility index (Phi) is 59.2. The van der Waals surface area contributed by atoms with Crippen LogP contribution < -0.4 is 0 Å². The molecule has 0 saturated carbocycles. The first kappa shape index (κ1) is 70.1. The summed E-state index contributed by atoms with van der Waals surface area (Å²) in [7, 11) is 0. The van der Waals surface area contributed by atoms with Gasteiger partial charge in [0, 0.05) is 19.3 Å². The van der Waals surface area contributed by atoms with E-state index >= 15 is 0 Å². The van der Waals surface area contributed by atoms with Crippen molar-refractivity contribution in [3.8, 4) is 0 Å². The molecule has 0 fully saturated rings. The van der Waals surface area contributed by atoms with Crippen LogP contribution in [0.5, 0.6) is 0 Å². The predicted octanol–water partition coefficient (Wildman–Crippen LogP) is 21.6. The number of allylic oxidation sites excluding steroid dienone is 10. The lowest BCUT2D eigenvalue weighted by atomic mass is 10.1. The number of unbranched alkanes of at least 4 members (excludes halogenated alkanes) is 37. The first-order chi connectivity index (χ1) is 36.0. The van der Waals surface area contributed by atoms with Crippen molar-refractivity contribution in [2.45, 2.75) is 335 Å². The van der Waals surface area contributed by atoms with Gasteiger partial charge < -0.3 is 14.2 Å². The van der Waals surface area contributed by atoms with Crippen LogP contribution in [0.4, 0.5) is 0 Å². The Morgan fingerprint density at radius 1 is 0.274 bits per heavy atom. The number of hydrogen-bond donors (Lipinski definition) is 0. The Morgan fingerprint density at radius 3 is 0.822 bits per heavy atom. The highest BCUT2D eigenvalue weighted by atomic mass is 16.6. The zero-order valence-corrected chi connectivity index (χ0v) is 48.7. The summed E-state index contributed by atoms with van der Waals surface area (Å²) in [6.45, 7) is 6.59. The van der Waals surface area contributed by atoms with Gasteiger partial charge >= 0.3 is 17.9 Å². The summed E-state index contributed by atoms with van der Waals surface area (Å²) in [5.41, 5.74) is 0. The zero-order chi connectivity index (χ0) is 52.9. The maximum Gasteiger partial charge on any atom is 0.306 e. The molecule has 0 aromatic heterocycles. The molecule has 0 aliphatic heterocycles. The van der Waals surface area contributed by atoms with Gasteiger partial charge in [-0.05, 0) is 103 Å². The fourth-order valence-electron chi connectivity index (χ4n) is 9.15. The third kappa shape index (κ3) is 59.9. The van der Waals surface area contributed by atoms with Crippen LogP contribution in [0.3, 0.4) is 0 Å². The molecule has 0 saturated heterocycles. The van der Waals surface area contributed by atoms with Crippen LogP contribution in [0.25, 0.3) is 0 Å². The van der Waals surface area contributed by atoms with Gasteiger partial charge in [0.1, 0.15) is 13.2 Å². The van der Waals surface area contributed by atoms with Gasteiger partial charge in [-0.15, -0.1) is 0 Å². The van der Waals surface area contributed by atoms with Crippen LogP contribution >= 0.6 is 0 Å². The van der Waals surface area contributed by atoms with Gasteiger partial charge in [-0.2, -0.15) is 0 Å². The fraction of sp³-hybridized carbons (Fsp3) is 0.806. The second-order valence-corrected chi connectivity index (χ2v) is 21.3. The Bertz CT molecular complexity index is 1310. The lowest BCUT2D eigenvalue weighted by Gasteiger charge is -2.18. The lowest BCUT2D eigenvalue weighted by Crippen LogP contribution is -2.30. The maximum atomic E-state index is 12.9. The van der Waals surface area contributed by atoms with Gasteiger partial charge in [0.15, 0.2) is 6.10 Å². The molecule has 6 heteroatoms. The molecule has 0 rings (SSSR count). The highest BCUT2D eigenvalue weighted by Gasteiger charge is 2.19. The first-order valence-electron chi connectivity index (χ1n) is 31.8. The van der Waals surface area contributed by atoms with Gasteiger partial charge in [-0.3, -0.25) is 14.4 Å². The molecule has 0 N–H and O–H groups in total. The Balaban J connectivity index is 4.33. The minimum absolute atomic E-state index is 0.0803. The average Bonchev–Trinajstić information content (AvgIpc) is 3.39. The predicted molar refractivity (Wildman–Crippen MR) is 316 cm³/mol. The molecule has 6 nitrogen and oxygen atoms in total. The molecule has 1 atom stereocenters. The lowest BCUT2D eigenvalue weighted by molar-refractivity contribution is -0.167. The van der Waals surface area contributed by atoms with E-state index in [0.717, 1.165) is 89.9 Å². The Hall–Kier alpha value is -2.89. The second kappa shape index (κ2) is 61.7. The topological polar surface area (TPSA) is 78.9 Å². The summed E-state index contributed by atoms with van der Waals surface area (Å²) in [5.74, 6) is -0.886. The quantitative estimate of drug-likeness (QED) is 0.0261. The molecule has 0 radical (unpaired) electrons. The third-order valence-electron chi connectivity index (χ3n) is 13.9. The van der Waals surface area contributed by atoms with Crippen LogP contribution in [-0.4, -0.2) is 37.2 Å². The van der Waals surface area contributed by atoms with Crippen molar-refractivity contribution < 1.29 is 28.6 Å². The van der Waals surface area contributed by atoms with Crippen LogP contribution in [0.1, 0.15) is 329 Å². The molecule has 0 heterocycles. The molecular weight excluding hydrogens is 901 g/mol. The van der Waals surface area contributed by atoms with E-state index < -0.39 is 6.10 Å². The standard InChI is InChI=1S/C67H120O6/c1-4-7-10-13-16-19-22-25-27-29-31-33-35-37-39-42-45-48-51-54-57-60-66(69)72-63-64(62-71-65(68)59-56-53-50-47-44-41-24-21-18-15-12-9-6-3)73-67(70)61-58-55-52-49-46-43-40-38-36-34-32-30-28-26-23-20-17-14-11-8-5-2/h12,15,21-22,24-25,29-32,64H,4-11,13-14,16-20,23,26-28,33-63H2,1-3H3/b15-12-,24-21-,25-22-,31-29-,32-30-.